The first kappa shape index (κ1) is 15.4. The predicted molar refractivity (Wildman–Crippen MR) is 83.7 cm³/mol. The number of benzene rings is 1. The molecule has 0 aromatic heterocycles. The lowest BCUT2D eigenvalue weighted by Gasteiger charge is -2.28. The van der Waals surface area contributed by atoms with Crippen molar-refractivity contribution in [3.8, 4) is 0 Å². The summed E-state index contributed by atoms with van der Waals surface area (Å²) >= 11 is 3.33. The zero-order chi connectivity index (χ0) is 14.5. The fourth-order valence-corrected chi connectivity index (χ4v) is 3.41. The molecule has 20 heavy (non-hydrogen) atoms. The molecule has 0 spiro atoms. The van der Waals surface area contributed by atoms with Gasteiger partial charge in [-0.2, -0.15) is 0 Å². The fourth-order valence-electron chi connectivity index (χ4n) is 2.88. The van der Waals surface area contributed by atoms with Crippen LogP contribution >= 0.6 is 15.9 Å². The Balaban J connectivity index is 1.89. The summed E-state index contributed by atoms with van der Waals surface area (Å²) in [6.07, 6.45) is 6.31. The van der Waals surface area contributed by atoms with E-state index in [0.717, 1.165) is 16.0 Å². The first-order chi connectivity index (χ1) is 9.58. The van der Waals surface area contributed by atoms with Crippen LogP contribution in [0.3, 0.4) is 0 Å². The molecular formula is C15H21BrN2O2. The number of nitro groups is 1. The molecule has 1 aliphatic rings. The topological polar surface area (TPSA) is 55.2 Å². The standard InChI is InChI=1S/C15H21BrN2O2/c1-2-11-3-5-14(6-4-11)17-10-12-7-13(16)9-15(8-12)18(19)20/h7-9,11,14,17H,2-6,10H2,1H3. The van der Waals surface area contributed by atoms with Gasteiger partial charge in [0.25, 0.3) is 5.69 Å². The molecule has 0 amide bonds. The van der Waals surface area contributed by atoms with E-state index in [4.69, 9.17) is 0 Å². The summed E-state index contributed by atoms with van der Waals surface area (Å²) in [5.41, 5.74) is 1.11. The van der Waals surface area contributed by atoms with Crippen LogP contribution in [0.5, 0.6) is 0 Å². The smallest absolute Gasteiger partial charge is 0.270 e. The molecule has 0 radical (unpaired) electrons. The molecule has 0 heterocycles. The SMILES string of the molecule is CCC1CCC(NCc2cc(Br)cc([N+](=O)[O-])c2)CC1. The molecule has 1 aliphatic carbocycles. The molecule has 0 atom stereocenters. The number of hydrogen-bond donors (Lipinski definition) is 1. The van der Waals surface area contributed by atoms with Crippen molar-refractivity contribution in [2.45, 2.75) is 51.6 Å². The van der Waals surface area contributed by atoms with Crippen LogP contribution in [0.2, 0.25) is 0 Å². The third kappa shape index (κ3) is 4.28. The van der Waals surface area contributed by atoms with Crippen LogP contribution in [0, 0.1) is 16.0 Å². The highest BCUT2D eigenvalue weighted by Crippen LogP contribution is 2.27. The molecule has 0 saturated heterocycles. The minimum absolute atomic E-state index is 0.144. The average molecular weight is 341 g/mol. The second-order valence-electron chi connectivity index (χ2n) is 5.58. The van der Waals surface area contributed by atoms with Crippen LogP contribution in [0.4, 0.5) is 5.69 Å². The molecular weight excluding hydrogens is 320 g/mol. The van der Waals surface area contributed by atoms with Crippen molar-refractivity contribution in [2.75, 3.05) is 0 Å². The van der Waals surface area contributed by atoms with Crippen molar-refractivity contribution >= 4 is 21.6 Å². The summed E-state index contributed by atoms with van der Waals surface area (Å²) in [7, 11) is 0. The second-order valence-corrected chi connectivity index (χ2v) is 6.50. The van der Waals surface area contributed by atoms with E-state index in [2.05, 4.69) is 28.2 Å². The first-order valence-corrected chi connectivity index (χ1v) is 8.05. The first-order valence-electron chi connectivity index (χ1n) is 7.25. The van der Waals surface area contributed by atoms with E-state index in [1.807, 2.05) is 6.07 Å². The van der Waals surface area contributed by atoms with Crippen LogP contribution in [-0.2, 0) is 6.54 Å². The third-order valence-electron chi connectivity index (χ3n) is 4.17. The van der Waals surface area contributed by atoms with E-state index in [-0.39, 0.29) is 10.6 Å². The monoisotopic (exact) mass is 340 g/mol. The minimum atomic E-state index is -0.347. The van der Waals surface area contributed by atoms with Crippen molar-refractivity contribution in [3.05, 3.63) is 38.3 Å². The van der Waals surface area contributed by atoms with Crippen LogP contribution in [0.15, 0.2) is 22.7 Å². The van der Waals surface area contributed by atoms with Gasteiger partial charge in [-0.3, -0.25) is 10.1 Å². The lowest BCUT2D eigenvalue weighted by Crippen LogP contribution is -2.32. The Bertz CT molecular complexity index is 471. The quantitative estimate of drug-likeness (QED) is 0.637. The van der Waals surface area contributed by atoms with Crippen molar-refractivity contribution in [1.82, 2.24) is 5.32 Å². The summed E-state index contributed by atoms with van der Waals surface area (Å²) in [6.45, 7) is 2.96. The Kier molecular flexibility index (Phi) is 5.54. The van der Waals surface area contributed by atoms with Gasteiger partial charge in [-0.1, -0.05) is 29.3 Å². The molecule has 1 aromatic carbocycles. The lowest BCUT2D eigenvalue weighted by molar-refractivity contribution is -0.385. The van der Waals surface area contributed by atoms with Gasteiger partial charge < -0.3 is 5.32 Å². The number of halogens is 1. The van der Waals surface area contributed by atoms with Crippen molar-refractivity contribution in [2.24, 2.45) is 5.92 Å². The van der Waals surface area contributed by atoms with E-state index < -0.39 is 0 Å². The van der Waals surface area contributed by atoms with Crippen LogP contribution in [0.1, 0.15) is 44.6 Å². The number of nitrogens with zero attached hydrogens (tertiary/aromatic N) is 1. The molecule has 1 N–H and O–H groups in total. The number of nitro benzene ring substituents is 1. The largest absolute Gasteiger partial charge is 0.310 e. The minimum Gasteiger partial charge on any atom is -0.310 e. The average Bonchev–Trinajstić information content (AvgIpc) is 2.45. The van der Waals surface area contributed by atoms with E-state index in [9.17, 15) is 10.1 Å². The zero-order valence-electron chi connectivity index (χ0n) is 11.8. The number of rotatable bonds is 5. The normalized spacial score (nSPS) is 22.7. The van der Waals surface area contributed by atoms with Gasteiger partial charge in [-0.15, -0.1) is 0 Å². The maximum atomic E-state index is 10.8. The van der Waals surface area contributed by atoms with Gasteiger partial charge in [0.2, 0.25) is 0 Å². The molecule has 5 heteroatoms. The highest BCUT2D eigenvalue weighted by Gasteiger charge is 2.19. The summed E-state index contributed by atoms with van der Waals surface area (Å²) in [4.78, 5) is 10.5. The van der Waals surface area contributed by atoms with E-state index in [1.54, 1.807) is 6.07 Å². The Morgan fingerprint density at radius 1 is 1.30 bits per heavy atom. The Morgan fingerprint density at radius 2 is 2.00 bits per heavy atom. The van der Waals surface area contributed by atoms with Gasteiger partial charge in [-0.05, 0) is 43.2 Å². The molecule has 0 unspecified atom stereocenters. The van der Waals surface area contributed by atoms with Gasteiger partial charge in [-0.25, -0.2) is 0 Å². The molecule has 1 fully saturated rings. The lowest BCUT2D eigenvalue weighted by atomic mass is 9.84. The molecule has 1 aromatic rings. The van der Waals surface area contributed by atoms with Crippen molar-refractivity contribution in [3.63, 3.8) is 0 Å². The summed E-state index contributed by atoms with van der Waals surface area (Å²) in [5.74, 6) is 0.889. The second kappa shape index (κ2) is 7.18. The van der Waals surface area contributed by atoms with Gasteiger partial charge in [0.05, 0.1) is 4.92 Å². The third-order valence-corrected chi connectivity index (χ3v) is 4.63. The highest BCUT2D eigenvalue weighted by molar-refractivity contribution is 9.10. The Hall–Kier alpha value is -0.940. The summed E-state index contributed by atoms with van der Waals surface area (Å²) in [6, 6.07) is 5.68. The van der Waals surface area contributed by atoms with Gasteiger partial charge >= 0.3 is 0 Å². The van der Waals surface area contributed by atoms with E-state index in [1.165, 1.54) is 38.2 Å². The van der Waals surface area contributed by atoms with Crippen LogP contribution in [0.25, 0.3) is 0 Å². The zero-order valence-corrected chi connectivity index (χ0v) is 13.4. The fraction of sp³-hybridized carbons (Fsp3) is 0.600. The maximum absolute atomic E-state index is 10.8. The van der Waals surface area contributed by atoms with Gasteiger partial charge in [0.1, 0.15) is 0 Å². The predicted octanol–water partition coefficient (Wildman–Crippen LogP) is 4.42. The Morgan fingerprint density at radius 3 is 2.60 bits per heavy atom. The maximum Gasteiger partial charge on any atom is 0.270 e. The van der Waals surface area contributed by atoms with Crippen LogP contribution < -0.4 is 5.32 Å². The van der Waals surface area contributed by atoms with E-state index in [0.29, 0.717) is 12.6 Å². The van der Waals surface area contributed by atoms with Crippen LogP contribution in [-0.4, -0.2) is 11.0 Å². The summed E-state index contributed by atoms with van der Waals surface area (Å²) < 4.78 is 0.762. The summed E-state index contributed by atoms with van der Waals surface area (Å²) in [5, 5.41) is 14.4. The van der Waals surface area contributed by atoms with Crippen molar-refractivity contribution in [1.29, 1.82) is 0 Å². The number of non-ortho nitro benzene ring substituents is 1. The molecule has 110 valence electrons. The highest BCUT2D eigenvalue weighted by atomic mass is 79.9. The molecule has 0 bridgehead atoms. The molecule has 0 aliphatic heterocycles. The number of nitrogens with one attached hydrogen (secondary N) is 1. The van der Waals surface area contributed by atoms with Gasteiger partial charge in [0, 0.05) is 29.2 Å². The van der Waals surface area contributed by atoms with Gasteiger partial charge in [0.15, 0.2) is 0 Å². The van der Waals surface area contributed by atoms with E-state index >= 15 is 0 Å². The number of hydrogen-bond acceptors (Lipinski definition) is 3. The molecule has 4 nitrogen and oxygen atoms in total. The Labute approximate surface area is 128 Å². The molecule has 1 saturated carbocycles. The molecule has 2 rings (SSSR count). The van der Waals surface area contributed by atoms with Crippen molar-refractivity contribution < 1.29 is 4.92 Å².